The first-order valence-electron chi connectivity index (χ1n) is 18.7. The van der Waals surface area contributed by atoms with Crippen LogP contribution in [-0.2, 0) is 4.79 Å². The van der Waals surface area contributed by atoms with Crippen LogP contribution in [0.3, 0.4) is 0 Å². The first-order chi connectivity index (χ1) is 23.7. The minimum absolute atomic E-state index is 0.0573. The lowest BCUT2D eigenvalue weighted by molar-refractivity contribution is -0.140. The zero-order valence-corrected chi connectivity index (χ0v) is 29.0. The van der Waals surface area contributed by atoms with Gasteiger partial charge in [-0.3, -0.25) is 19.4 Å². The van der Waals surface area contributed by atoms with Gasteiger partial charge < -0.3 is 26.2 Å². The molecule has 3 unspecified atom stereocenters. The van der Waals surface area contributed by atoms with E-state index in [1.54, 1.807) is 0 Å². The highest BCUT2D eigenvalue weighted by Crippen LogP contribution is 2.38. The van der Waals surface area contributed by atoms with Gasteiger partial charge in [-0.05, 0) is 45.8 Å². The van der Waals surface area contributed by atoms with Crippen LogP contribution in [0.5, 0.6) is 0 Å². The molecule has 49 heavy (non-hydrogen) atoms. The summed E-state index contributed by atoms with van der Waals surface area (Å²) in [6, 6.07) is -0.512. The zero-order chi connectivity index (χ0) is 34.1. The minimum atomic E-state index is -1.22. The third kappa shape index (κ3) is 7.15. The number of alkyl halides is 1. The summed E-state index contributed by atoms with van der Waals surface area (Å²) in [5.41, 5.74) is 5.68. The number of piperazine rings is 1. The lowest BCUT2D eigenvalue weighted by Crippen LogP contribution is -2.73. The Labute approximate surface area is 288 Å². The summed E-state index contributed by atoms with van der Waals surface area (Å²) in [7, 11) is 2.14. The maximum atomic E-state index is 17.4. The second kappa shape index (κ2) is 14.7. The molecule has 3 atom stereocenters. The number of carbonyl (C=O) groups is 2. The van der Waals surface area contributed by atoms with Gasteiger partial charge in [0.15, 0.2) is 17.3 Å². The molecule has 0 aromatic carbocycles. The Hall–Kier alpha value is -2.94. The molecule has 1 spiro atoms. The average Bonchev–Trinajstić information content (AvgIpc) is 3.42. The zero-order valence-electron chi connectivity index (χ0n) is 29.0. The van der Waals surface area contributed by atoms with Crippen LogP contribution in [-0.4, -0.2) is 142 Å². The Balaban J connectivity index is 1.06. The molecule has 270 valence electrons. The van der Waals surface area contributed by atoms with E-state index >= 15 is 4.39 Å². The van der Waals surface area contributed by atoms with Crippen molar-refractivity contribution in [3.63, 3.8) is 0 Å². The summed E-state index contributed by atoms with van der Waals surface area (Å²) in [4.78, 5) is 40.6. The second-order valence-electron chi connectivity index (χ2n) is 15.3. The van der Waals surface area contributed by atoms with Gasteiger partial charge in [-0.25, -0.2) is 18.3 Å². The van der Waals surface area contributed by atoms with E-state index in [1.165, 1.54) is 19.3 Å². The summed E-state index contributed by atoms with van der Waals surface area (Å²) in [6.07, 6.45) is 11.6. The van der Waals surface area contributed by atoms with E-state index in [0.717, 1.165) is 94.7 Å². The van der Waals surface area contributed by atoms with Crippen molar-refractivity contribution in [1.29, 1.82) is 0 Å². The van der Waals surface area contributed by atoms with Gasteiger partial charge in [0.25, 0.3) is 5.91 Å². The summed E-state index contributed by atoms with van der Waals surface area (Å²) in [5.74, 6) is -1.00. The third-order valence-corrected chi connectivity index (χ3v) is 12.2. The number of nitrogen functional groups attached to an aromatic ring is 1. The number of rotatable bonds is 5. The molecule has 4 saturated heterocycles. The van der Waals surface area contributed by atoms with E-state index in [4.69, 9.17) is 5.73 Å². The van der Waals surface area contributed by atoms with E-state index in [9.17, 15) is 14.0 Å². The molecular formula is C35H54F2N10O2. The first kappa shape index (κ1) is 34.5. The van der Waals surface area contributed by atoms with Gasteiger partial charge in [0.05, 0.1) is 30.0 Å². The lowest BCUT2D eigenvalue weighted by Gasteiger charge is -2.53. The molecule has 2 amide bonds. The fourth-order valence-electron chi connectivity index (χ4n) is 9.28. The van der Waals surface area contributed by atoms with Gasteiger partial charge in [0, 0.05) is 57.8 Å². The van der Waals surface area contributed by atoms with Crippen molar-refractivity contribution in [2.24, 2.45) is 5.92 Å². The van der Waals surface area contributed by atoms with Crippen LogP contribution in [0.15, 0.2) is 12.4 Å². The molecule has 0 bridgehead atoms. The molecule has 6 heterocycles. The van der Waals surface area contributed by atoms with Gasteiger partial charge in [0.2, 0.25) is 5.91 Å². The number of anilines is 1. The second-order valence-corrected chi connectivity index (χ2v) is 15.3. The highest BCUT2D eigenvalue weighted by molar-refractivity contribution is 6.04. The van der Waals surface area contributed by atoms with Crippen molar-refractivity contribution < 1.29 is 18.4 Å². The van der Waals surface area contributed by atoms with Crippen molar-refractivity contribution in [3.05, 3.63) is 23.8 Å². The minimum Gasteiger partial charge on any atom is -0.381 e. The quantitative estimate of drug-likeness (QED) is 0.435. The monoisotopic (exact) mass is 684 g/mol. The van der Waals surface area contributed by atoms with Crippen molar-refractivity contribution >= 4 is 23.3 Å². The van der Waals surface area contributed by atoms with Crippen molar-refractivity contribution in [3.8, 4) is 0 Å². The van der Waals surface area contributed by atoms with Gasteiger partial charge in [0.1, 0.15) is 11.7 Å². The molecule has 5 fully saturated rings. The van der Waals surface area contributed by atoms with Gasteiger partial charge >= 0.3 is 0 Å². The van der Waals surface area contributed by atoms with Gasteiger partial charge in [-0.2, -0.15) is 0 Å². The number of aromatic nitrogens is 3. The Morgan fingerprint density at radius 3 is 2.27 bits per heavy atom. The number of likely N-dealkylation sites (N-methyl/N-ethyl adjacent to an activating group) is 1. The largest absolute Gasteiger partial charge is 0.381 e. The Morgan fingerprint density at radius 1 is 0.959 bits per heavy atom. The van der Waals surface area contributed by atoms with Crippen LogP contribution in [0, 0.1) is 11.7 Å². The highest BCUT2D eigenvalue weighted by atomic mass is 19.1. The molecule has 0 radical (unpaired) electrons. The van der Waals surface area contributed by atoms with Crippen molar-refractivity contribution in [2.45, 2.75) is 100 Å². The molecular weight excluding hydrogens is 630 g/mol. The molecule has 1 aliphatic carbocycles. The van der Waals surface area contributed by atoms with Crippen molar-refractivity contribution in [2.75, 3.05) is 71.7 Å². The predicted octanol–water partition coefficient (Wildman–Crippen LogP) is 2.29. The van der Waals surface area contributed by atoms with E-state index in [0.29, 0.717) is 38.5 Å². The van der Waals surface area contributed by atoms with E-state index < -0.39 is 35.5 Å². The molecule has 4 N–H and O–H groups in total. The molecule has 14 heteroatoms. The fourth-order valence-corrected chi connectivity index (χ4v) is 9.28. The molecule has 2 aromatic heterocycles. The van der Waals surface area contributed by atoms with Crippen LogP contribution in [0.1, 0.15) is 81.0 Å². The number of piperidine rings is 2. The number of nitrogens with one attached hydrogen (secondary N) is 2. The smallest absolute Gasteiger partial charge is 0.259 e. The van der Waals surface area contributed by atoms with E-state index in [1.807, 2.05) is 4.90 Å². The average molecular weight is 685 g/mol. The van der Waals surface area contributed by atoms with Crippen LogP contribution >= 0.6 is 0 Å². The number of nitrogens with two attached hydrogens (primary N) is 1. The molecule has 12 nitrogen and oxygen atoms in total. The summed E-state index contributed by atoms with van der Waals surface area (Å²) >= 11 is 0. The molecule has 5 aliphatic rings. The van der Waals surface area contributed by atoms with Crippen LogP contribution in [0.4, 0.5) is 14.6 Å². The number of likely N-dealkylation sites (tertiary alicyclic amines) is 2. The molecule has 4 aliphatic heterocycles. The summed E-state index contributed by atoms with van der Waals surface area (Å²) < 4.78 is 32.4. The Morgan fingerprint density at radius 2 is 1.61 bits per heavy atom. The highest BCUT2D eigenvalue weighted by Gasteiger charge is 2.52. The van der Waals surface area contributed by atoms with Crippen LogP contribution in [0.2, 0.25) is 0 Å². The maximum absolute atomic E-state index is 17.4. The van der Waals surface area contributed by atoms with Gasteiger partial charge in [-0.15, -0.1) is 5.10 Å². The number of halogens is 2. The number of amides is 2. The number of fused-ring (bicyclic) bond motifs is 1. The summed E-state index contributed by atoms with van der Waals surface area (Å²) in [6.45, 7) is 7.19. The summed E-state index contributed by atoms with van der Waals surface area (Å²) in [5, 5.41) is 10.8. The van der Waals surface area contributed by atoms with Gasteiger partial charge in [-0.1, -0.05) is 44.9 Å². The Bertz CT molecular complexity index is 1460. The van der Waals surface area contributed by atoms with E-state index in [-0.39, 0.29) is 28.9 Å². The first-order valence-corrected chi connectivity index (χ1v) is 18.7. The normalized spacial score (nSPS) is 28.8. The standard InChI is InChI=1S/C35H54F2N10O2/c1-43-22-26(23-43)44-15-17-46(18-16-44)34(49)24-9-13-45(14-10-24)29-27(20-40-35(30(29)37)11-7-5-3-2-4-6-8-12-35)41-33(48)28-31(38)42-47-21-25(36)19-39-32(28)47/h19,21,24,26-27,29-30,40H,2-18,20,22-23H2,1H3,(H2,38,42)(H,41,48). The third-order valence-electron chi connectivity index (χ3n) is 12.2. The number of carbonyl (C=O) groups excluding carboxylic acids is 2. The van der Waals surface area contributed by atoms with Crippen LogP contribution < -0.4 is 16.4 Å². The molecule has 2 aromatic rings. The lowest BCUT2D eigenvalue weighted by atomic mass is 9.73. The van der Waals surface area contributed by atoms with E-state index in [2.05, 4.69) is 42.5 Å². The van der Waals surface area contributed by atoms with Crippen LogP contribution in [0.25, 0.3) is 5.65 Å². The maximum Gasteiger partial charge on any atom is 0.259 e. The number of hydrogen-bond donors (Lipinski definition) is 3. The fraction of sp³-hybridized carbons (Fsp3) is 0.771. The predicted molar refractivity (Wildman–Crippen MR) is 183 cm³/mol. The molecule has 7 rings (SSSR count). The van der Waals surface area contributed by atoms with Crippen molar-refractivity contribution in [1.82, 2.24) is 44.8 Å². The molecule has 1 saturated carbocycles. The topological polar surface area (TPSA) is 127 Å². The number of nitrogens with zero attached hydrogens (tertiary/aromatic N) is 7. The number of hydrogen-bond acceptors (Lipinski definition) is 9. The SMILES string of the molecule is CN1CC(N2CCN(C(=O)C3CCN(C4C(NC(=O)c5c(N)nn6cc(F)cnc56)CNC5(CCCCCCCCC5)C4F)CC3)CC2)C1. The Kier molecular flexibility index (Phi) is 10.4.